The van der Waals surface area contributed by atoms with Gasteiger partial charge in [-0.2, -0.15) is 0 Å². The van der Waals surface area contributed by atoms with E-state index in [2.05, 4.69) is 0 Å². The van der Waals surface area contributed by atoms with E-state index in [1.165, 1.54) is 11.3 Å². The van der Waals surface area contributed by atoms with Gasteiger partial charge in [0.15, 0.2) is 0 Å². The lowest BCUT2D eigenvalue weighted by atomic mass is 9.88. The molecule has 1 aromatic carbocycles. The van der Waals surface area contributed by atoms with Crippen LogP contribution in [0.25, 0.3) is 0 Å². The number of urea groups is 1. The number of fused-ring (bicyclic) bond motifs is 1. The molecule has 0 aromatic heterocycles. The molecule has 6 heteroatoms. The Morgan fingerprint density at radius 1 is 1.04 bits per heavy atom. The van der Waals surface area contributed by atoms with Crippen LogP contribution in [0.5, 0.6) is 0 Å². The van der Waals surface area contributed by atoms with Crippen molar-refractivity contribution in [3.63, 3.8) is 0 Å². The van der Waals surface area contributed by atoms with E-state index in [0.29, 0.717) is 19.6 Å². The van der Waals surface area contributed by atoms with Crippen molar-refractivity contribution < 1.29 is 14.4 Å². The zero-order valence-corrected chi connectivity index (χ0v) is 15.8. The van der Waals surface area contributed by atoms with Crippen LogP contribution in [0, 0.1) is 5.92 Å². The van der Waals surface area contributed by atoms with Crippen LogP contribution in [-0.4, -0.2) is 58.2 Å². The maximum atomic E-state index is 13.0. The van der Waals surface area contributed by atoms with Gasteiger partial charge in [-0.25, -0.2) is 4.79 Å². The number of piperazine rings is 1. The summed E-state index contributed by atoms with van der Waals surface area (Å²) in [6, 6.07) is 8.53. The molecule has 27 heavy (non-hydrogen) atoms. The van der Waals surface area contributed by atoms with E-state index in [1.54, 1.807) is 4.90 Å². The molecule has 3 aliphatic rings. The van der Waals surface area contributed by atoms with Crippen molar-refractivity contribution in [2.24, 2.45) is 5.92 Å². The molecule has 1 aliphatic carbocycles. The highest BCUT2D eigenvalue weighted by molar-refractivity contribution is 6.05. The molecule has 4 amide bonds. The molecule has 2 unspecified atom stereocenters. The molecular weight excluding hydrogens is 342 g/mol. The summed E-state index contributed by atoms with van der Waals surface area (Å²) < 4.78 is 0. The normalized spacial score (nSPS) is 24.9. The van der Waals surface area contributed by atoms with Gasteiger partial charge >= 0.3 is 6.03 Å². The van der Waals surface area contributed by atoms with Gasteiger partial charge in [0.2, 0.25) is 5.91 Å². The maximum Gasteiger partial charge on any atom is 0.328 e. The Balaban J connectivity index is 1.48. The second-order valence-corrected chi connectivity index (χ2v) is 7.91. The molecule has 1 aromatic rings. The van der Waals surface area contributed by atoms with Crippen LogP contribution in [0.2, 0.25) is 0 Å². The Labute approximate surface area is 160 Å². The van der Waals surface area contributed by atoms with E-state index >= 15 is 0 Å². The highest BCUT2D eigenvalue weighted by atomic mass is 16.2. The van der Waals surface area contributed by atoms with Gasteiger partial charge in [0.1, 0.15) is 6.04 Å². The van der Waals surface area contributed by atoms with Gasteiger partial charge in [0, 0.05) is 19.0 Å². The zero-order valence-electron chi connectivity index (χ0n) is 15.8. The largest absolute Gasteiger partial charge is 0.338 e. The second-order valence-electron chi connectivity index (χ2n) is 7.91. The van der Waals surface area contributed by atoms with E-state index in [0.717, 1.165) is 31.2 Å². The van der Waals surface area contributed by atoms with Crippen LogP contribution in [0.4, 0.5) is 4.79 Å². The summed E-state index contributed by atoms with van der Waals surface area (Å²) in [6.45, 7) is 3.18. The number of imide groups is 1. The number of benzene rings is 1. The van der Waals surface area contributed by atoms with Gasteiger partial charge in [-0.1, -0.05) is 49.6 Å². The number of carbonyl (C=O) groups excluding carboxylic acids is 3. The molecule has 2 saturated heterocycles. The van der Waals surface area contributed by atoms with Crippen LogP contribution in [0.1, 0.15) is 50.6 Å². The Morgan fingerprint density at radius 3 is 2.44 bits per heavy atom. The van der Waals surface area contributed by atoms with Crippen molar-refractivity contribution in [3.05, 3.63) is 35.9 Å². The lowest BCUT2D eigenvalue weighted by Crippen LogP contribution is -2.55. The van der Waals surface area contributed by atoms with Gasteiger partial charge < -0.3 is 9.80 Å². The summed E-state index contributed by atoms with van der Waals surface area (Å²) in [6.07, 6.45) is 5.33. The molecule has 2 aliphatic heterocycles. The van der Waals surface area contributed by atoms with Crippen molar-refractivity contribution in [2.45, 2.75) is 51.1 Å². The highest BCUT2D eigenvalue weighted by Crippen LogP contribution is 2.32. The van der Waals surface area contributed by atoms with Crippen LogP contribution < -0.4 is 0 Å². The average molecular weight is 369 g/mol. The first-order valence-corrected chi connectivity index (χ1v) is 10.1. The van der Waals surface area contributed by atoms with E-state index in [-0.39, 0.29) is 29.8 Å². The minimum atomic E-state index is -0.537. The van der Waals surface area contributed by atoms with Crippen LogP contribution in [-0.2, 0) is 9.59 Å². The predicted octanol–water partition coefficient (Wildman–Crippen LogP) is 2.80. The Kier molecular flexibility index (Phi) is 4.89. The Morgan fingerprint density at radius 2 is 1.74 bits per heavy atom. The molecule has 2 heterocycles. The quantitative estimate of drug-likeness (QED) is 0.770. The van der Waals surface area contributed by atoms with Gasteiger partial charge in [0.25, 0.3) is 5.91 Å². The second kappa shape index (κ2) is 7.33. The smallest absolute Gasteiger partial charge is 0.328 e. The first-order chi connectivity index (χ1) is 13.1. The van der Waals surface area contributed by atoms with Crippen molar-refractivity contribution in [1.29, 1.82) is 0 Å². The third-order valence-electron chi connectivity index (χ3n) is 6.29. The fourth-order valence-electron chi connectivity index (χ4n) is 4.66. The molecule has 0 spiro atoms. The lowest BCUT2D eigenvalue weighted by Gasteiger charge is -2.37. The first kappa shape index (κ1) is 18.0. The molecule has 0 bridgehead atoms. The summed E-state index contributed by atoms with van der Waals surface area (Å²) in [7, 11) is 0. The third-order valence-corrected chi connectivity index (χ3v) is 6.29. The number of hydrogen-bond donors (Lipinski definition) is 0. The molecule has 2 atom stereocenters. The zero-order chi connectivity index (χ0) is 19.0. The predicted molar refractivity (Wildman–Crippen MR) is 101 cm³/mol. The van der Waals surface area contributed by atoms with Crippen molar-refractivity contribution >= 4 is 17.8 Å². The fraction of sp³-hybridized carbons (Fsp3) is 0.571. The Hall–Kier alpha value is -2.37. The molecule has 3 fully saturated rings. The first-order valence-electron chi connectivity index (χ1n) is 10.1. The van der Waals surface area contributed by atoms with Gasteiger partial charge in [0.05, 0.1) is 12.6 Å². The minimum Gasteiger partial charge on any atom is -0.338 e. The van der Waals surface area contributed by atoms with E-state index in [9.17, 15) is 14.4 Å². The van der Waals surface area contributed by atoms with E-state index < -0.39 is 6.04 Å². The number of amides is 4. The highest BCUT2D eigenvalue weighted by Gasteiger charge is 2.50. The summed E-state index contributed by atoms with van der Waals surface area (Å²) in [5.74, 6) is 0.0820. The summed E-state index contributed by atoms with van der Waals surface area (Å²) in [5.41, 5.74) is 0.939. The summed E-state index contributed by atoms with van der Waals surface area (Å²) in [4.78, 5) is 43.6. The van der Waals surface area contributed by atoms with Gasteiger partial charge in [-0.3, -0.25) is 14.5 Å². The standard InChI is InChI=1S/C21H27N3O3/c1-15(16-8-4-2-5-9-16)24-20(26)18-14-22(12-13-23(18)21(24)27)19(25)17-10-6-3-7-11-17/h2,4-5,8-9,15,17-18H,3,6-7,10-14H2,1H3. The van der Waals surface area contributed by atoms with Gasteiger partial charge in [-0.05, 0) is 25.3 Å². The fourth-order valence-corrected chi connectivity index (χ4v) is 4.66. The maximum absolute atomic E-state index is 13.0. The lowest BCUT2D eigenvalue weighted by molar-refractivity contribution is -0.140. The van der Waals surface area contributed by atoms with Crippen LogP contribution >= 0.6 is 0 Å². The van der Waals surface area contributed by atoms with Crippen LogP contribution in [0.3, 0.4) is 0 Å². The Bertz CT molecular complexity index is 729. The van der Waals surface area contributed by atoms with E-state index in [1.807, 2.05) is 42.2 Å². The molecule has 144 valence electrons. The van der Waals surface area contributed by atoms with Crippen molar-refractivity contribution in [1.82, 2.24) is 14.7 Å². The summed E-state index contributed by atoms with van der Waals surface area (Å²) in [5, 5.41) is 0. The molecule has 1 saturated carbocycles. The molecule has 6 nitrogen and oxygen atoms in total. The SMILES string of the molecule is CC(c1ccccc1)N1C(=O)C2CN(C(=O)C3CCCCC3)CCN2C1=O. The monoisotopic (exact) mass is 369 g/mol. The molecule has 0 N–H and O–H groups in total. The number of carbonyl (C=O) groups is 3. The number of hydrogen-bond acceptors (Lipinski definition) is 3. The molecular formula is C21H27N3O3. The van der Waals surface area contributed by atoms with Crippen molar-refractivity contribution in [3.8, 4) is 0 Å². The number of rotatable bonds is 3. The van der Waals surface area contributed by atoms with Gasteiger partial charge in [-0.15, -0.1) is 0 Å². The van der Waals surface area contributed by atoms with E-state index in [4.69, 9.17) is 0 Å². The minimum absolute atomic E-state index is 0.0943. The van der Waals surface area contributed by atoms with Crippen molar-refractivity contribution in [2.75, 3.05) is 19.6 Å². The third kappa shape index (κ3) is 3.22. The molecule has 4 rings (SSSR count). The number of nitrogens with zero attached hydrogens (tertiary/aromatic N) is 3. The average Bonchev–Trinajstić information content (AvgIpc) is 2.98. The van der Waals surface area contributed by atoms with Crippen LogP contribution in [0.15, 0.2) is 30.3 Å². The summed E-state index contributed by atoms with van der Waals surface area (Å²) >= 11 is 0. The molecule has 0 radical (unpaired) electrons. The topological polar surface area (TPSA) is 60.9 Å².